The molecule has 2 heterocycles. The number of sulfonamides is 1. The fraction of sp³-hybridized carbons (Fsp3) is 0.424. The maximum absolute atomic E-state index is 15.4. The number of aromatic nitrogens is 1. The quantitative estimate of drug-likeness (QED) is 0.254. The number of nitrogens with zero attached hydrogens (tertiary/aromatic N) is 2. The van der Waals surface area contributed by atoms with Gasteiger partial charge in [-0.15, -0.1) is 0 Å². The number of anilines is 1. The predicted octanol–water partition coefficient (Wildman–Crippen LogP) is 4.47. The van der Waals surface area contributed by atoms with Gasteiger partial charge in [0.25, 0.3) is 0 Å². The number of piperazine rings is 1. The van der Waals surface area contributed by atoms with Gasteiger partial charge in [-0.1, -0.05) is 35.9 Å². The van der Waals surface area contributed by atoms with Crippen molar-refractivity contribution >= 4 is 39.3 Å². The van der Waals surface area contributed by atoms with Gasteiger partial charge in [-0.2, -0.15) is 4.31 Å². The third-order valence-corrected chi connectivity index (χ3v) is 11.4. The molecule has 1 saturated carbocycles. The summed E-state index contributed by atoms with van der Waals surface area (Å²) in [6, 6.07) is 12.7. The van der Waals surface area contributed by atoms with Crippen LogP contribution < -0.4 is 20.7 Å². The van der Waals surface area contributed by atoms with E-state index in [1.54, 1.807) is 53.0 Å². The summed E-state index contributed by atoms with van der Waals surface area (Å²) in [5, 5.41) is 8.90. The lowest BCUT2D eigenvalue weighted by Gasteiger charge is -2.40. The Balaban J connectivity index is 1.45. The highest BCUT2D eigenvalue weighted by Crippen LogP contribution is 2.35. The SMILES string of the molecule is COC(=O)NC(C(=O)Nc1cccc(F)c1CCC1CNCC(C)N1S(=O)(=O)C1CC1)C(c1ccc(Cl)cc1)c1ccc(OC)nc1. The minimum atomic E-state index is -3.47. The number of benzene rings is 2. The number of halogens is 2. The zero-order valence-electron chi connectivity index (χ0n) is 26.4. The molecule has 14 heteroatoms. The normalized spacial score (nSPS) is 19.8. The van der Waals surface area contributed by atoms with E-state index in [1.165, 1.54) is 26.4 Å². The Hall–Kier alpha value is -3.78. The van der Waals surface area contributed by atoms with E-state index >= 15 is 4.39 Å². The number of carbonyl (C=O) groups excluding carboxylic acids is 2. The van der Waals surface area contributed by atoms with Crippen LogP contribution in [0.5, 0.6) is 5.88 Å². The van der Waals surface area contributed by atoms with Crippen molar-refractivity contribution in [3.8, 4) is 5.88 Å². The number of ether oxygens (including phenoxy) is 2. The third-order valence-electron chi connectivity index (χ3n) is 8.59. The van der Waals surface area contributed by atoms with E-state index < -0.39 is 39.8 Å². The highest BCUT2D eigenvalue weighted by atomic mass is 35.5. The van der Waals surface area contributed by atoms with Crippen molar-refractivity contribution in [2.75, 3.05) is 32.6 Å². The molecule has 4 unspecified atom stereocenters. The summed E-state index contributed by atoms with van der Waals surface area (Å²) in [5.41, 5.74) is 1.67. The fourth-order valence-electron chi connectivity index (χ4n) is 6.11. The standard InChI is InChI=1S/C33H39ClFN5O6S/c1-20-17-36-19-24(40(20)47(43,44)25-13-14-25)12-15-26-27(35)5-4-6-28(26)38-32(41)31(39-33(42)46-3)30(21-7-10-23(34)11-8-21)22-9-16-29(45-2)37-18-22/h4-11,16,18,20,24-25,30-31,36H,12-15,17,19H2,1-3H3,(H,38,41)(H,39,42). The second kappa shape index (κ2) is 15.0. The molecule has 1 aliphatic heterocycles. The summed E-state index contributed by atoms with van der Waals surface area (Å²) >= 11 is 6.16. The van der Waals surface area contributed by atoms with Crippen LogP contribution in [0.15, 0.2) is 60.8 Å². The molecule has 1 aromatic heterocycles. The van der Waals surface area contributed by atoms with Crippen molar-refractivity contribution in [3.05, 3.63) is 88.3 Å². The van der Waals surface area contributed by atoms with Gasteiger partial charge in [-0.05, 0) is 68.0 Å². The molecule has 47 heavy (non-hydrogen) atoms. The molecular weight excluding hydrogens is 649 g/mol. The zero-order chi connectivity index (χ0) is 33.7. The van der Waals surface area contributed by atoms with Crippen molar-refractivity contribution in [2.45, 2.75) is 61.9 Å². The molecule has 0 spiro atoms. The Morgan fingerprint density at radius 1 is 1.09 bits per heavy atom. The van der Waals surface area contributed by atoms with Crippen LogP contribution >= 0.6 is 11.6 Å². The van der Waals surface area contributed by atoms with Crippen LogP contribution in [0.4, 0.5) is 14.9 Å². The van der Waals surface area contributed by atoms with Crippen molar-refractivity contribution in [3.63, 3.8) is 0 Å². The minimum Gasteiger partial charge on any atom is -0.481 e. The van der Waals surface area contributed by atoms with Crippen LogP contribution in [0.25, 0.3) is 0 Å². The van der Waals surface area contributed by atoms with Crippen molar-refractivity contribution in [1.29, 1.82) is 0 Å². The Morgan fingerprint density at radius 3 is 2.45 bits per heavy atom. The molecule has 3 aromatic rings. The second-order valence-electron chi connectivity index (χ2n) is 11.8. The van der Waals surface area contributed by atoms with Crippen LogP contribution in [0.3, 0.4) is 0 Å². The minimum absolute atomic E-state index is 0.163. The molecule has 0 radical (unpaired) electrons. The molecular formula is C33H39ClFN5O6S. The summed E-state index contributed by atoms with van der Waals surface area (Å²) in [7, 11) is -0.794. The molecule has 2 aliphatic rings. The lowest BCUT2D eigenvalue weighted by molar-refractivity contribution is -0.118. The summed E-state index contributed by atoms with van der Waals surface area (Å²) in [6.07, 6.45) is 2.50. The first kappa shape index (κ1) is 34.6. The Bertz CT molecular complexity index is 1670. The summed E-state index contributed by atoms with van der Waals surface area (Å²) in [5.74, 6) is -1.58. The summed E-state index contributed by atoms with van der Waals surface area (Å²) in [6.45, 7) is 2.85. The van der Waals surface area contributed by atoms with Crippen molar-refractivity contribution < 1.29 is 31.9 Å². The van der Waals surface area contributed by atoms with Crippen LogP contribution in [0, 0.1) is 5.82 Å². The lowest BCUT2D eigenvalue weighted by atomic mass is 9.85. The molecule has 252 valence electrons. The number of alkyl carbamates (subject to hydrolysis) is 1. The molecule has 2 fully saturated rings. The maximum Gasteiger partial charge on any atom is 0.407 e. The Morgan fingerprint density at radius 2 is 1.81 bits per heavy atom. The van der Waals surface area contributed by atoms with Crippen LogP contribution in [0.1, 0.15) is 48.8 Å². The first-order valence-corrected chi connectivity index (χ1v) is 17.3. The number of rotatable bonds is 12. The molecule has 3 N–H and O–H groups in total. The van der Waals surface area contributed by atoms with Gasteiger partial charge in [-0.3, -0.25) is 4.79 Å². The van der Waals surface area contributed by atoms with E-state index in [0.717, 1.165) is 0 Å². The molecule has 11 nitrogen and oxygen atoms in total. The van der Waals surface area contributed by atoms with Gasteiger partial charge in [-0.25, -0.2) is 22.6 Å². The van der Waals surface area contributed by atoms with Crippen LogP contribution in [0.2, 0.25) is 5.02 Å². The van der Waals surface area contributed by atoms with E-state index in [4.69, 9.17) is 21.1 Å². The molecule has 2 amide bonds. The topological polar surface area (TPSA) is 139 Å². The van der Waals surface area contributed by atoms with E-state index in [1.807, 2.05) is 6.92 Å². The van der Waals surface area contributed by atoms with Gasteiger partial charge >= 0.3 is 6.09 Å². The number of amides is 2. The van der Waals surface area contributed by atoms with Gasteiger partial charge in [0, 0.05) is 59.6 Å². The number of pyridine rings is 1. The molecule has 5 rings (SSSR count). The van der Waals surface area contributed by atoms with E-state index in [2.05, 4.69) is 20.9 Å². The number of hydrogen-bond donors (Lipinski definition) is 3. The second-order valence-corrected chi connectivity index (χ2v) is 14.4. The first-order chi connectivity index (χ1) is 22.5. The Kier molecular flexibility index (Phi) is 11.0. The number of hydrogen-bond acceptors (Lipinski definition) is 8. The predicted molar refractivity (Wildman–Crippen MR) is 177 cm³/mol. The highest BCUT2D eigenvalue weighted by Gasteiger charge is 2.45. The van der Waals surface area contributed by atoms with E-state index in [0.29, 0.717) is 54.4 Å². The zero-order valence-corrected chi connectivity index (χ0v) is 28.0. The summed E-state index contributed by atoms with van der Waals surface area (Å²) in [4.78, 5) is 31.0. The van der Waals surface area contributed by atoms with Crippen LogP contribution in [-0.2, 0) is 26.0 Å². The monoisotopic (exact) mass is 687 g/mol. The molecule has 4 atom stereocenters. The van der Waals surface area contributed by atoms with Gasteiger partial charge in [0.1, 0.15) is 11.9 Å². The molecule has 0 bridgehead atoms. The third kappa shape index (κ3) is 8.03. The van der Waals surface area contributed by atoms with E-state index in [9.17, 15) is 18.0 Å². The van der Waals surface area contributed by atoms with Gasteiger partial charge in [0.2, 0.25) is 21.8 Å². The van der Waals surface area contributed by atoms with Crippen molar-refractivity contribution in [1.82, 2.24) is 19.9 Å². The highest BCUT2D eigenvalue weighted by molar-refractivity contribution is 7.90. The van der Waals surface area contributed by atoms with Crippen LogP contribution in [-0.4, -0.2) is 80.4 Å². The lowest BCUT2D eigenvalue weighted by Crippen LogP contribution is -2.59. The largest absolute Gasteiger partial charge is 0.481 e. The fourth-order valence-corrected chi connectivity index (χ4v) is 8.48. The van der Waals surface area contributed by atoms with Crippen molar-refractivity contribution in [2.24, 2.45) is 0 Å². The summed E-state index contributed by atoms with van der Waals surface area (Å²) < 4.78 is 53.7. The maximum atomic E-state index is 15.4. The van der Waals surface area contributed by atoms with E-state index in [-0.39, 0.29) is 35.0 Å². The molecule has 2 aromatic carbocycles. The average Bonchev–Trinajstić information content (AvgIpc) is 3.92. The average molecular weight is 688 g/mol. The van der Waals surface area contributed by atoms with Gasteiger partial charge in [0.15, 0.2) is 0 Å². The number of nitrogens with one attached hydrogen (secondary N) is 3. The van der Waals surface area contributed by atoms with Gasteiger partial charge in [0.05, 0.1) is 19.5 Å². The number of methoxy groups -OCH3 is 2. The molecule has 1 aliphatic carbocycles. The smallest absolute Gasteiger partial charge is 0.407 e. The van der Waals surface area contributed by atoms with Gasteiger partial charge < -0.3 is 25.4 Å². The molecule has 1 saturated heterocycles. The number of carbonyl (C=O) groups is 2. The Labute approximate surface area is 279 Å². The first-order valence-electron chi connectivity index (χ1n) is 15.4.